The normalized spacial score (nSPS) is 13.0. The molecule has 0 aliphatic rings. The topological polar surface area (TPSA) is 95.9 Å². The molecule has 0 aliphatic heterocycles. The van der Waals surface area contributed by atoms with Gasteiger partial charge in [-0.25, -0.2) is 0 Å². The van der Waals surface area contributed by atoms with Crippen LogP contribution in [0, 0.1) is 0 Å². The van der Waals surface area contributed by atoms with Gasteiger partial charge in [-0.2, -0.15) is 0 Å². The summed E-state index contributed by atoms with van der Waals surface area (Å²) in [5.41, 5.74) is 0. The lowest BCUT2D eigenvalue weighted by Crippen LogP contribution is -2.45. The lowest BCUT2D eigenvalue weighted by molar-refractivity contribution is -0.143. The highest BCUT2D eigenvalue weighted by Gasteiger charge is 2.18. The van der Waals surface area contributed by atoms with Gasteiger partial charge in [-0.3, -0.25) is 9.59 Å². The van der Waals surface area contributed by atoms with Crippen LogP contribution in [-0.4, -0.2) is 47.4 Å². The standard InChI is InChI=1S/C60H111NO5/c1-3-5-7-9-11-13-15-17-19-21-22-23-24-25-26-28-32-36-40-44-48-52-58(63)57(56-62)61-59(64)53-49-45-41-37-33-30-31-35-39-43-47-51-55-66-60(65)54-50-46-42-38-34-29-27-20-18-16-14-12-10-8-6-4-2/h14,16,20,27,31,35,48,52,57-58,62-63H,3-13,15,17-19,21-26,28-30,32-34,36-47,49-51,53-56H2,1-2H3,(H,61,64)/b16-14-,27-20-,35-31-,52-48+. The predicted octanol–water partition coefficient (Wildman–Crippen LogP) is 17.8. The summed E-state index contributed by atoms with van der Waals surface area (Å²) in [6.45, 7) is 4.83. The second kappa shape index (κ2) is 55.4. The van der Waals surface area contributed by atoms with Crippen LogP contribution < -0.4 is 5.32 Å². The van der Waals surface area contributed by atoms with Crippen LogP contribution in [0.2, 0.25) is 0 Å². The number of aliphatic hydroxyl groups excluding tert-OH is 2. The Morgan fingerprint density at radius 1 is 0.424 bits per heavy atom. The van der Waals surface area contributed by atoms with Gasteiger partial charge in [0.15, 0.2) is 0 Å². The van der Waals surface area contributed by atoms with Crippen LogP contribution >= 0.6 is 0 Å². The van der Waals surface area contributed by atoms with E-state index in [1.807, 2.05) is 6.08 Å². The van der Waals surface area contributed by atoms with Crippen molar-refractivity contribution in [2.45, 2.75) is 309 Å². The molecule has 386 valence electrons. The van der Waals surface area contributed by atoms with Gasteiger partial charge in [-0.05, 0) is 96.3 Å². The zero-order chi connectivity index (χ0) is 47.9. The van der Waals surface area contributed by atoms with Crippen molar-refractivity contribution in [3.8, 4) is 0 Å². The summed E-state index contributed by atoms with van der Waals surface area (Å²) in [6.07, 6.45) is 69.8. The minimum atomic E-state index is -0.863. The highest BCUT2D eigenvalue weighted by Crippen LogP contribution is 2.16. The number of aliphatic hydroxyl groups is 2. The third-order valence-corrected chi connectivity index (χ3v) is 13.1. The Kier molecular flexibility index (Phi) is 53.6. The van der Waals surface area contributed by atoms with E-state index in [4.69, 9.17) is 4.74 Å². The number of allylic oxidation sites excluding steroid dienone is 7. The molecule has 0 aromatic rings. The van der Waals surface area contributed by atoms with Crippen LogP contribution in [0.1, 0.15) is 296 Å². The number of nitrogens with one attached hydrogen (secondary N) is 1. The molecule has 66 heavy (non-hydrogen) atoms. The zero-order valence-electron chi connectivity index (χ0n) is 43.9. The van der Waals surface area contributed by atoms with Crippen LogP contribution in [0.15, 0.2) is 48.6 Å². The molecule has 0 radical (unpaired) electrons. The maximum atomic E-state index is 12.5. The molecule has 2 atom stereocenters. The van der Waals surface area contributed by atoms with E-state index in [1.165, 1.54) is 167 Å². The Morgan fingerprint density at radius 3 is 1.18 bits per heavy atom. The van der Waals surface area contributed by atoms with Crippen LogP contribution in [0.3, 0.4) is 0 Å². The van der Waals surface area contributed by atoms with Crippen molar-refractivity contribution < 1.29 is 24.5 Å². The quantitative estimate of drug-likeness (QED) is 0.0321. The molecule has 0 aliphatic carbocycles. The van der Waals surface area contributed by atoms with Gasteiger partial charge in [0.2, 0.25) is 5.91 Å². The van der Waals surface area contributed by atoms with Gasteiger partial charge >= 0.3 is 5.97 Å². The van der Waals surface area contributed by atoms with E-state index in [9.17, 15) is 19.8 Å². The molecule has 1 amide bonds. The van der Waals surface area contributed by atoms with Gasteiger partial charge in [-0.1, -0.05) is 236 Å². The number of ether oxygens (including phenoxy) is 1. The van der Waals surface area contributed by atoms with Crippen molar-refractivity contribution in [1.29, 1.82) is 0 Å². The molecule has 0 saturated carbocycles. The Labute approximate surface area is 410 Å². The first-order valence-electron chi connectivity index (χ1n) is 28.9. The molecule has 2 unspecified atom stereocenters. The second-order valence-corrected chi connectivity index (χ2v) is 19.6. The number of hydrogen-bond donors (Lipinski definition) is 3. The first kappa shape index (κ1) is 63.8. The van der Waals surface area contributed by atoms with Gasteiger partial charge in [0.25, 0.3) is 0 Å². The van der Waals surface area contributed by atoms with E-state index in [0.29, 0.717) is 19.4 Å². The zero-order valence-corrected chi connectivity index (χ0v) is 43.9. The van der Waals surface area contributed by atoms with Gasteiger partial charge in [0, 0.05) is 12.8 Å². The van der Waals surface area contributed by atoms with E-state index in [0.717, 1.165) is 103 Å². The largest absolute Gasteiger partial charge is 0.466 e. The van der Waals surface area contributed by atoms with E-state index >= 15 is 0 Å². The predicted molar refractivity (Wildman–Crippen MR) is 287 cm³/mol. The molecule has 3 N–H and O–H groups in total. The minimum absolute atomic E-state index is 0.0380. The molecular weight excluding hydrogens is 815 g/mol. The summed E-state index contributed by atoms with van der Waals surface area (Å²) < 4.78 is 5.45. The third kappa shape index (κ3) is 51.2. The fourth-order valence-electron chi connectivity index (χ4n) is 8.60. The maximum Gasteiger partial charge on any atom is 0.305 e. The molecule has 0 saturated heterocycles. The highest BCUT2D eigenvalue weighted by molar-refractivity contribution is 5.76. The van der Waals surface area contributed by atoms with Crippen molar-refractivity contribution >= 4 is 11.9 Å². The summed E-state index contributed by atoms with van der Waals surface area (Å²) in [6, 6.07) is -0.649. The lowest BCUT2D eigenvalue weighted by Gasteiger charge is -2.20. The van der Waals surface area contributed by atoms with Gasteiger partial charge in [0.1, 0.15) is 0 Å². The van der Waals surface area contributed by atoms with Crippen molar-refractivity contribution in [3.63, 3.8) is 0 Å². The number of carbonyl (C=O) groups excluding carboxylic acids is 2. The molecule has 0 aromatic carbocycles. The summed E-state index contributed by atoms with van der Waals surface area (Å²) >= 11 is 0. The molecule has 0 rings (SSSR count). The molecule has 0 spiro atoms. The summed E-state index contributed by atoms with van der Waals surface area (Å²) in [5.74, 6) is -0.131. The SMILES string of the molecule is CCCCCC/C=C\C/C=C\CCCCCCCC(=O)OCCCCC/C=C\CCCCCCCC(=O)NC(CO)C(O)/C=C/CCCCCCCCCCCCCCCCCCCCC. The van der Waals surface area contributed by atoms with E-state index in [2.05, 4.69) is 55.6 Å². The summed E-state index contributed by atoms with van der Waals surface area (Å²) in [5, 5.41) is 23.1. The van der Waals surface area contributed by atoms with E-state index < -0.39 is 12.1 Å². The fourth-order valence-corrected chi connectivity index (χ4v) is 8.60. The molecule has 6 heteroatoms. The fraction of sp³-hybridized carbons (Fsp3) is 0.833. The monoisotopic (exact) mass is 926 g/mol. The number of rotatable bonds is 53. The average Bonchev–Trinajstić information content (AvgIpc) is 3.32. The average molecular weight is 927 g/mol. The molecule has 0 fully saturated rings. The van der Waals surface area contributed by atoms with Gasteiger partial charge in [-0.15, -0.1) is 0 Å². The van der Waals surface area contributed by atoms with Crippen LogP contribution in [0.25, 0.3) is 0 Å². The van der Waals surface area contributed by atoms with Crippen LogP contribution in [0.5, 0.6) is 0 Å². The minimum Gasteiger partial charge on any atom is -0.466 e. The van der Waals surface area contributed by atoms with Crippen molar-refractivity contribution in [2.24, 2.45) is 0 Å². The Hall–Kier alpha value is -2.18. The van der Waals surface area contributed by atoms with Crippen LogP contribution in [0.4, 0.5) is 0 Å². The van der Waals surface area contributed by atoms with Crippen molar-refractivity contribution in [3.05, 3.63) is 48.6 Å². The lowest BCUT2D eigenvalue weighted by atomic mass is 10.0. The Bertz CT molecular complexity index is 1110. The number of amides is 1. The Balaban J connectivity index is 3.55. The maximum absolute atomic E-state index is 12.5. The summed E-state index contributed by atoms with van der Waals surface area (Å²) in [7, 11) is 0. The van der Waals surface area contributed by atoms with Crippen molar-refractivity contribution in [2.75, 3.05) is 13.2 Å². The smallest absolute Gasteiger partial charge is 0.305 e. The van der Waals surface area contributed by atoms with Crippen LogP contribution in [-0.2, 0) is 14.3 Å². The Morgan fingerprint density at radius 2 is 0.758 bits per heavy atom. The number of unbranched alkanes of at least 4 members (excludes halogenated alkanes) is 36. The number of carbonyl (C=O) groups is 2. The van der Waals surface area contributed by atoms with Gasteiger partial charge in [0.05, 0.1) is 25.4 Å². The molecule has 0 aromatic heterocycles. The first-order valence-corrected chi connectivity index (χ1v) is 28.9. The molecule has 6 nitrogen and oxygen atoms in total. The third-order valence-electron chi connectivity index (χ3n) is 13.1. The highest BCUT2D eigenvalue weighted by atomic mass is 16.5. The molecular formula is C60H111NO5. The molecule has 0 heterocycles. The summed E-state index contributed by atoms with van der Waals surface area (Å²) in [4.78, 5) is 24.5. The first-order chi connectivity index (χ1) is 32.5. The number of esters is 1. The second-order valence-electron chi connectivity index (χ2n) is 19.6. The van der Waals surface area contributed by atoms with Gasteiger partial charge < -0.3 is 20.3 Å². The van der Waals surface area contributed by atoms with Crippen molar-refractivity contribution in [1.82, 2.24) is 5.32 Å². The number of hydrogen-bond acceptors (Lipinski definition) is 5. The van der Waals surface area contributed by atoms with E-state index in [1.54, 1.807) is 6.08 Å². The molecule has 0 bridgehead atoms. The van der Waals surface area contributed by atoms with E-state index in [-0.39, 0.29) is 18.5 Å².